The molecule has 2 aliphatic heterocycles. The number of nitrogens with one attached hydrogen (secondary N) is 4. The highest BCUT2D eigenvalue weighted by Crippen LogP contribution is 2.33. The van der Waals surface area contributed by atoms with E-state index >= 15 is 0 Å². The number of ether oxygens (including phenoxy) is 3. The second-order valence-electron chi connectivity index (χ2n) is 12.1. The van der Waals surface area contributed by atoms with Crippen molar-refractivity contribution < 1.29 is 54.1 Å². The molecule has 9 unspecified atom stereocenters. The monoisotopic (exact) mass is 730 g/mol. The van der Waals surface area contributed by atoms with Gasteiger partial charge >= 0.3 is 18.0 Å². The van der Waals surface area contributed by atoms with Crippen LogP contribution in [0.5, 0.6) is 0 Å². The number of aromatic nitrogens is 8. The quantitative estimate of drug-likeness (QED) is 0.0555. The molecule has 6 heterocycles. The largest absolute Gasteiger partial charge is 0.467 e. The molecule has 4 aromatic rings. The number of imidazole rings is 2. The van der Waals surface area contributed by atoms with Crippen LogP contribution in [0.25, 0.3) is 22.3 Å². The minimum Gasteiger partial charge on any atom is -0.467 e. The van der Waals surface area contributed by atoms with Crippen LogP contribution in [0.3, 0.4) is 0 Å². The fraction of sp³-hybridized carbons (Fsp3) is 0.552. The fourth-order valence-electron chi connectivity index (χ4n) is 5.95. The smallest absolute Gasteiger partial charge is 0.328 e. The average molecular weight is 731 g/mol. The van der Waals surface area contributed by atoms with Gasteiger partial charge in [0.1, 0.15) is 49.2 Å². The van der Waals surface area contributed by atoms with Gasteiger partial charge in [-0.15, -0.1) is 0 Å². The number of urea groups is 2. The van der Waals surface area contributed by atoms with Crippen LogP contribution < -0.4 is 21.3 Å². The van der Waals surface area contributed by atoms with Crippen molar-refractivity contribution in [3.05, 3.63) is 25.3 Å². The van der Waals surface area contributed by atoms with E-state index in [1.54, 1.807) is 6.92 Å². The summed E-state index contributed by atoms with van der Waals surface area (Å²) in [7, 11) is 1.18. The topological polar surface area (TPSA) is 315 Å². The number of amides is 4. The molecule has 0 aliphatic carbocycles. The molecule has 52 heavy (non-hydrogen) atoms. The van der Waals surface area contributed by atoms with Crippen molar-refractivity contribution in [2.24, 2.45) is 0 Å². The second kappa shape index (κ2) is 15.6. The van der Waals surface area contributed by atoms with Crippen LogP contribution >= 0.6 is 0 Å². The Hall–Kier alpha value is -5.17. The van der Waals surface area contributed by atoms with E-state index in [1.165, 1.54) is 41.6 Å². The normalized spacial score (nSPS) is 26.4. The van der Waals surface area contributed by atoms with Crippen LogP contribution in [-0.4, -0.2) is 146 Å². The molecule has 4 aromatic heterocycles. The van der Waals surface area contributed by atoms with Crippen molar-refractivity contribution in [1.82, 2.24) is 49.7 Å². The number of aliphatic hydroxyl groups is 5. The Balaban J connectivity index is 0.990. The van der Waals surface area contributed by atoms with Crippen molar-refractivity contribution in [3.63, 3.8) is 0 Å². The van der Waals surface area contributed by atoms with Crippen molar-refractivity contribution in [2.75, 3.05) is 30.9 Å². The predicted octanol–water partition coefficient (Wildman–Crippen LogP) is -2.13. The zero-order chi connectivity index (χ0) is 37.1. The summed E-state index contributed by atoms with van der Waals surface area (Å²) in [6.07, 6.45) is -2.73. The van der Waals surface area contributed by atoms with Gasteiger partial charge in [0.15, 0.2) is 46.4 Å². The van der Waals surface area contributed by atoms with Crippen LogP contribution in [-0.2, 0) is 19.0 Å². The van der Waals surface area contributed by atoms with Gasteiger partial charge in [0.05, 0.1) is 32.5 Å². The predicted molar refractivity (Wildman–Crippen MR) is 174 cm³/mol. The van der Waals surface area contributed by atoms with E-state index < -0.39 is 79.8 Å². The van der Waals surface area contributed by atoms with Crippen LogP contribution in [0.15, 0.2) is 25.3 Å². The first-order valence-electron chi connectivity index (χ1n) is 16.2. The first kappa shape index (κ1) is 36.6. The highest BCUT2D eigenvalue weighted by atomic mass is 16.6. The molecule has 23 heteroatoms. The zero-order valence-electron chi connectivity index (χ0n) is 27.8. The maximum Gasteiger partial charge on any atom is 0.328 e. The highest BCUT2D eigenvalue weighted by molar-refractivity contribution is 5.97. The molecule has 9 N–H and O–H groups in total. The van der Waals surface area contributed by atoms with E-state index in [9.17, 15) is 39.9 Å². The van der Waals surface area contributed by atoms with E-state index in [0.29, 0.717) is 12.8 Å². The molecule has 9 atom stereocenters. The third-order valence-corrected chi connectivity index (χ3v) is 8.72. The van der Waals surface area contributed by atoms with Gasteiger partial charge in [0.2, 0.25) is 0 Å². The summed E-state index contributed by atoms with van der Waals surface area (Å²) in [6.45, 7) is 1.30. The lowest BCUT2D eigenvalue weighted by Crippen LogP contribution is -2.43. The molecule has 2 aliphatic rings. The second-order valence-corrected chi connectivity index (χ2v) is 12.1. The molecular formula is C29H38N12O11. The molecule has 0 saturated carbocycles. The number of unbranched alkanes of at least 4 members (excludes halogenated alkanes) is 1. The van der Waals surface area contributed by atoms with Gasteiger partial charge in [-0.05, 0) is 26.2 Å². The lowest BCUT2D eigenvalue weighted by molar-refractivity contribution is -0.143. The van der Waals surface area contributed by atoms with Gasteiger partial charge in [-0.25, -0.2) is 44.3 Å². The molecule has 2 fully saturated rings. The van der Waals surface area contributed by atoms with E-state index in [0.717, 1.165) is 0 Å². The van der Waals surface area contributed by atoms with Gasteiger partial charge in [-0.1, -0.05) is 0 Å². The summed E-state index contributed by atoms with van der Waals surface area (Å²) >= 11 is 0. The van der Waals surface area contributed by atoms with Crippen molar-refractivity contribution in [3.8, 4) is 0 Å². The average Bonchev–Trinajstić information content (AvgIpc) is 3.89. The Morgan fingerprint density at radius 3 is 1.92 bits per heavy atom. The molecule has 280 valence electrons. The zero-order valence-corrected chi connectivity index (χ0v) is 27.8. The molecule has 0 aromatic carbocycles. The summed E-state index contributed by atoms with van der Waals surface area (Å²) in [6, 6.07) is -2.43. The van der Waals surface area contributed by atoms with Gasteiger partial charge in [-0.2, -0.15) is 0 Å². The third-order valence-electron chi connectivity index (χ3n) is 8.72. The number of esters is 1. The van der Waals surface area contributed by atoms with Gasteiger partial charge < -0.3 is 50.4 Å². The summed E-state index contributed by atoms with van der Waals surface area (Å²) < 4.78 is 18.8. The van der Waals surface area contributed by atoms with Crippen molar-refractivity contribution in [2.45, 2.75) is 81.3 Å². The summed E-state index contributed by atoms with van der Waals surface area (Å²) in [5.41, 5.74) is 0.799. The van der Waals surface area contributed by atoms with E-state index in [4.69, 9.17) is 14.2 Å². The molecule has 0 spiro atoms. The number of aliphatic hydroxyl groups excluding tert-OH is 5. The standard InChI is InChI=1S/C29H38N12O11/c1-12-17(43)19(45)25(51-12)40-10-35-16-22(32-9-33-23(16)40)39-29(49)37-13(27(47)50-2)5-3-4-6-30-28(48)38-21-15-24(34-8-31-21)41(11-36-15)26-20(46)18(44)14(7-42)52-26/h8-14,17-20,25-26,42-46H,3-7H2,1-2H3,(H2,30,31,34,38,48)(H2,32,33,37,39,49). The first-order valence-corrected chi connectivity index (χ1v) is 16.2. The summed E-state index contributed by atoms with van der Waals surface area (Å²) in [5, 5.41) is 60.7. The van der Waals surface area contributed by atoms with Crippen LogP contribution in [0, 0.1) is 0 Å². The molecule has 6 rings (SSSR count). The molecular weight excluding hydrogens is 692 g/mol. The van der Waals surface area contributed by atoms with Crippen molar-refractivity contribution >= 4 is 52.0 Å². The van der Waals surface area contributed by atoms with E-state index in [-0.39, 0.29) is 46.9 Å². The highest BCUT2D eigenvalue weighted by Gasteiger charge is 2.44. The van der Waals surface area contributed by atoms with Gasteiger partial charge in [-0.3, -0.25) is 19.8 Å². The van der Waals surface area contributed by atoms with Gasteiger partial charge in [0.25, 0.3) is 0 Å². The van der Waals surface area contributed by atoms with Gasteiger partial charge in [0, 0.05) is 6.54 Å². The Labute approximate surface area is 293 Å². The molecule has 23 nitrogen and oxygen atoms in total. The minimum atomic E-state index is -1.36. The molecule has 0 radical (unpaired) electrons. The lowest BCUT2D eigenvalue weighted by Gasteiger charge is -2.17. The maximum atomic E-state index is 12.9. The number of carbonyl (C=O) groups excluding carboxylic acids is 3. The number of methoxy groups -OCH3 is 1. The molecule has 2 saturated heterocycles. The number of rotatable bonds is 12. The number of carbonyl (C=O) groups is 3. The Kier molecular flexibility index (Phi) is 11.0. The van der Waals surface area contributed by atoms with E-state index in [1.807, 2.05) is 0 Å². The first-order chi connectivity index (χ1) is 25.0. The third kappa shape index (κ3) is 7.27. The van der Waals surface area contributed by atoms with Crippen LogP contribution in [0.2, 0.25) is 0 Å². The SMILES string of the molecule is COC(=O)C(CCCCNC(=O)Nc1ncnc2c1ncn2C1OC(CO)C(O)C1O)NC(=O)Nc1ncnc2c1ncn2C1OC(C)C(O)C1O. The Bertz CT molecular complexity index is 1910. The maximum absolute atomic E-state index is 12.9. The number of hydrogen-bond acceptors (Lipinski definition) is 17. The van der Waals surface area contributed by atoms with Crippen molar-refractivity contribution in [1.29, 1.82) is 0 Å². The Morgan fingerprint density at radius 2 is 1.38 bits per heavy atom. The van der Waals surface area contributed by atoms with Crippen LogP contribution in [0.4, 0.5) is 21.2 Å². The lowest BCUT2D eigenvalue weighted by atomic mass is 10.1. The summed E-state index contributed by atoms with van der Waals surface area (Å²) in [4.78, 5) is 62.9. The number of hydrogen-bond donors (Lipinski definition) is 9. The number of anilines is 2. The van der Waals surface area contributed by atoms with E-state index in [2.05, 4.69) is 51.2 Å². The molecule has 0 bridgehead atoms. The van der Waals surface area contributed by atoms with Crippen LogP contribution in [0.1, 0.15) is 38.6 Å². The molecule has 4 amide bonds. The Morgan fingerprint density at radius 1 is 0.808 bits per heavy atom. The summed E-state index contributed by atoms with van der Waals surface area (Å²) in [5.74, 6) is -0.603. The minimum absolute atomic E-state index is 0.0208. The number of fused-ring (bicyclic) bond motifs is 2. The fourth-order valence-corrected chi connectivity index (χ4v) is 5.95. The number of nitrogens with zero attached hydrogens (tertiary/aromatic N) is 8.